The summed E-state index contributed by atoms with van der Waals surface area (Å²) in [6.45, 7) is 5.06. The van der Waals surface area contributed by atoms with E-state index in [0.717, 1.165) is 42.3 Å². The molecule has 0 atom stereocenters. The van der Waals surface area contributed by atoms with E-state index in [4.69, 9.17) is 0 Å². The number of phenols is 1. The highest BCUT2D eigenvalue weighted by molar-refractivity contribution is 6.05. The third kappa shape index (κ3) is 3.62. The maximum absolute atomic E-state index is 12.9. The quantitative estimate of drug-likeness (QED) is 0.635. The summed E-state index contributed by atoms with van der Waals surface area (Å²) >= 11 is 0. The second-order valence-electron chi connectivity index (χ2n) is 8.04. The van der Waals surface area contributed by atoms with Crippen molar-refractivity contribution in [1.82, 2.24) is 9.13 Å². The smallest absolute Gasteiger partial charge is 0.329 e. The molecular weight excluding hydrogens is 378 g/mol. The molecule has 3 aromatic rings. The van der Waals surface area contributed by atoms with Gasteiger partial charge in [-0.05, 0) is 74.6 Å². The second kappa shape index (κ2) is 8.38. The number of phenolic OH excluding ortho intramolecular Hbond substituents is 1. The monoisotopic (exact) mass is 407 g/mol. The SMILES string of the molecule is CCn1c(=O)n(CC)c2cc(NC(=O)c3ccc(O)c(C4CCCCC4)c3)ccc21. The molecule has 1 fully saturated rings. The number of nitrogens with one attached hydrogen (secondary N) is 1. The fraction of sp³-hybridized carbons (Fsp3) is 0.417. The van der Waals surface area contributed by atoms with E-state index in [1.54, 1.807) is 21.3 Å². The molecule has 6 heteroatoms. The lowest BCUT2D eigenvalue weighted by molar-refractivity contribution is 0.102. The highest BCUT2D eigenvalue weighted by atomic mass is 16.3. The van der Waals surface area contributed by atoms with Crippen molar-refractivity contribution in [2.24, 2.45) is 0 Å². The van der Waals surface area contributed by atoms with Gasteiger partial charge in [-0.3, -0.25) is 13.9 Å². The summed E-state index contributed by atoms with van der Waals surface area (Å²) in [4.78, 5) is 25.5. The standard InChI is InChI=1S/C24H29N3O3/c1-3-26-20-12-11-18(15-21(20)27(4-2)24(26)30)25-23(29)17-10-13-22(28)19(14-17)16-8-6-5-7-9-16/h10-16,28H,3-9H2,1-2H3,(H,25,29). The number of carbonyl (C=O) groups is 1. The van der Waals surface area contributed by atoms with Gasteiger partial charge in [0.15, 0.2) is 0 Å². The van der Waals surface area contributed by atoms with Gasteiger partial charge >= 0.3 is 5.69 Å². The number of imidazole rings is 1. The predicted molar refractivity (Wildman–Crippen MR) is 119 cm³/mol. The van der Waals surface area contributed by atoms with Crippen LogP contribution in [0.5, 0.6) is 5.75 Å². The van der Waals surface area contributed by atoms with Gasteiger partial charge in [-0.1, -0.05) is 19.3 Å². The number of hydrogen-bond acceptors (Lipinski definition) is 3. The third-order valence-corrected chi connectivity index (χ3v) is 6.24. The van der Waals surface area contributed by atoms with E-state index in [-0.39, 0.29) is 17.3 Å². The number of benzene rings is 2. The molecule has 2 N–H and O–H groups in total. The molecule has 6 nitrogen and oxygen atoms in total. The van der Waals surface area contributed by atoms with Crippen LogP contribution in [0.4, 0.5) is 5.69 Å². The van der Waals surface area contributed by atoms with E-state index in [0.29, 0.717) is 30.3 Å². The Hall–Kier alpha value is -3.02. The number of aromatic nitrogens is 2. The molecular formula is C24H29N3O3. The maximum Gasteiger partial charge on any atom is 0.329 e. The Morgan fingerprint density at radius 2 is 1.70 bits per heavy atom. The average molecular weight is 408 g/mol. The van der Waals surface area contributed by atoms with Gasteiger partial charge in [0.1, 0.15) is 5.75 Å². The molecule has 0 unspecified atom stereocenters. The van der Waals surface area contributed by atoms with Gasteiger partial charge < -0.3 is 10.4 Å². The van der Waals surface area contributed by atoms with Gasteiger partial charge in [0.05, 0.1) is 11.0 Å². The van der Waals surface area contributed by atoms with Crippen LogP contribution in [0, 0.1) is 0 Å². The van der Waals surface area contributed by atoms with Crippen molar-refractivity contribution in [2.75, 3.05) is 5.32 Å². The fourth-order valence-corrected chi connectivity index (χ4v) is 4.65. The first-order valence-corrected chi connectivity index (χ1v) is 10.9. The van der Waals surface area contributed by atoms with Crippen molar-refractivity contribution in [1.29, 1.82) is 0 Å². The Balaban J connectivity index is 1.62. The van der Waals surface area contributed by atoms with Crippen LogP contribution in [0.25, 0.3) is 11.0 Å². The first-order chi connectivity index (χ1) is 14.5. The zero-order chi connectivity index (χ0) is 21.3. The van der Waals surface area contributed by atoms with Gasteiger partial charge in [-0.15, -0.1) is 0 Å². The number of carbonyl (C=O) groups excluding carboxylic acids is 1. The number of nitrogens with zero attached hydrogens (tertiary/aromatic N) is 2. The van der Waals surface area contributed by atoms with Crippen LogP contribution in [0.2, 0.25) is 0 Å². The molecule has 30 heavy (non-hydrogen) atoms. The number of amides is 1. The number of aryl methyl sites for hydroxylation is 2. The van der Waals surface area contributed by atoms with Crippen molar-refractivity contribution >= 4 is 22.6 Å². The molecule has 158 valence electrons. The van der Waals surface area contributed by atoms with Gasteiger partial charge in [0.2, 0.25) is 0 Å². The Labute approximate surface area is 176 Å². The summed E-state index contributed by atoms with van der Waals surface area (Å²) in [6, 6.07) is 10.7. The number of aromatic hydroxyl groups is 1. The lowest BCUT2D eigenvalue weighted by Gasteiger charge is -2.23. The van der Waals surface area contributed by atoms with Crippen molar-refractivity contribution < 1.29 is 9.90 Å². The van der Waals surface area contributed by atoms with Crippen molar-refractivity contribution in [3.8, 4) is 5.75 Å². The molecule has 2 aromatic carbocycles. The van der Waals surface area contributed by atoms with Crippen LogP contribution >= 0.6 is 0 Å². The zero-order valence-corrected chi connectivity index (χ0v) is 17.6. The Morgan fingerprint density at radius 1 is 1.00 bits per heavy atom. The normalized spacial score (nSPS) is 14.9. The number of hydrogen-bond donors (Lipinski definition) is 2. The predicted octanol–water partition coefficient (Wildman–Crippen LogP) is 4.85. The molecule has 1 aliphatic carbocycles. The molecule has 1 amide bonds. The highest BCUT2D eigenvalue weighted by Crippen LogP contribution is 2.37. The number of fused-ring (bicyclic) bond motifs is 1. The minimum Gasteiger partial charge on any atom is -0.508 e. The van der Waals surface area contributed by atoms with E-state index in [1.165, 1.54) is 6.42 Å². The Kier molecular flexibility index (Phi) is 5.66. The number of rotatable bonds is 5. The molecule has 0 radical (unpaired) electrons. The van der Waals surface area contributed by atoms with Crippen molar-refractivity contribution in [3.05, 3.63) is 58.0 Å². The topological polar surface area (TPSA) is 76.3 Å². The van der Waals surface area contributed by atoms with Crippen molar-refractivity contribution in [2.45, 2.75) is 65.0 Å². The van der Waals surface area contributed by atoms with Gasteiger partial charge in [-0.2, -0.15) is 0 Å². The Bertz CT molecular complexity index is 1140. The molecule has 0 aliphatic heterocycles. The van der Waals surface area contributed by atoms with Gasteiger partial charge in [0.25, 0.3) is 5.91 Å². The van der Waals surface area contributed by atoms with E-state index >= 15 is 0 Å². The fourth-order valence-electron chi connectivity index (χ4n) is 4.65. The third-order valence-electron chi connectivity index (χ3n) is 6.24. The highest BCUT2D eigenvalue weighted by Gasteiger charge is 2.20. The summed E-state index contributed by atoms with van der Waals surface area (Å²) in [7, 11) is 0. The maximum atomic E-state index is 12.9. The van der Waals surface area contributed by atoms with Crippen LogP contribution < -0.4 is 11.0 Å². The first-order valence-electron chi connectivity index (χ1n) is 10.9. The molecule has 1 saturated carbocycles. The minimum absolute atomic E-state index is 0.0332. The zero-order valence-electron chi connectivity index (χ0n) is 17.6. The van der Waals surface area contributed by atoms with E-state index in [1.807, 2.05) is 38.1 Å². The lowest BCUT2D eigenvalue weighted by atomic mass is 9.83. The summed E-state index contributed by atoms with van der Waals surface area (Å²) in [5.74, 6) is 0.370. The van der Waals surface area contributed by atoms with Crippen LogP contribution in [0.3, 0.4) is 0 Å². The lowest BCUT2D eigenvalue weighted by Crippen LogP contribution is -2.23. The van der Waals surface area contributed by atoms with Gasteiger partial charge in [-0.25, -0.2) is 4.79 Å². The molecule has 0 saturated heterocycles. The molecule has 0 bridgehead atoms. The molecule has 1 heterocycles. The molecule has 0 spiro atoms. The molecule has 1 aromatic heterocycles. The van der Waals surface area contributed by atoms with Crippen molar-refractivity contribution in [3.63, 3.8) is 0 Å². The molecule has 1 aliphatic rings. The van der Waals surface area contributed by atoms with Gasteiger partial charge in [0, 0.05) is 24.3 Å². The van der Waals surface area contributed by atoms with Crippen LogP contribution in [0.15, 0.2) is 41.2 Å². The van der Waals surface area contributed by atoms with E-state index < -0.39 is 0 Å². The average Bonchev–Trinajstić information content (AvgIpc) is 3.04. The minimum atomic E-state index is -0.216. The summed E-state index contributed by atoms with van der Waals surface area (Å²) in [5, 5.41) is 13.3. The molecule has 4 rings (SSSR count). The van der Waals surface area contributed by atoms with Crippen LogP contribution in [-0.4, -0.2) is 20.1 Å². The Morgan fingerprint density at radius 3 is 2.40 bits per heavy atom. The van der Waals surface area contributed by atoms with Crippen LogP contribution in [-0.2, 0) is 13.1 Å². The summed E-state index contributed by atoms with van der Waals surface area (Å²) in [6.07, 6.45) is 5.67. The first kappa shape index (κ1) is 20.3. The van der Waals surface area contributed by atoms with Crippen LogP contribution in [0.1, 0.15) is 67.8 Å². The largest absolute Gasteiger partial charge is 0.508 e. The summed E-state index contributed by atoms with van der Waals surface area (Å²) < 4.78 is 3.46. The second-order valence-corrected chi connectivity index (χ2v) is 8.04. The van der Waals surface area contributed by atoms with E-state index in [2.05, 4.69) is 5.32 Å². The number of anilines is 1. The summed E-state index contributed by atoms with van der Waals surface area (Å²) in [5.41, 5.74) is 3.71. The van der Waals surface area contributed by atoms with E-state index in [9.17, 15) is 14.7 Å².